The van der Waals surface area contributed by atoms with E-state index in [9.17, 15) is 0 Å². The van der Waals surface area contributed by atoms with Crippen LogP contribution in [0.15, 0.2) is 6.20 Å². The maximum atomic E-state index is 4.68. The third kappa shape index (κ3) is 2.85. The zero-order chi connectivity index (χ0) is 13.1. The molecule has 0 aromatic carbocycles. The Morgan fingerprint density at radius 3 is 2.83 bits per heavy atom. The number of hydrogen-bond donors (Lipinski definition) is 1. The van der Waals surface area contributed by atoms with E-state index in [0.29, 0.717) is 6.04 Å². The fourth-order valence-electron chi connectivity index (χ4n) is 2.32. The van der Waals surface area contributed by atoms with Gasteiger partial charge in [-0.3, -0.25) is 4.90 Å². The van der Waals surface area contributed by atoms with Crippen molar-refractivity contribution in [3.63, 3.8) is 0 Å². The van der Waals surface area contributed by atoms with Gasteiger partial charge in [-0.15, -0.1) is 0 Å². The predicted molar refractivity (Wildman–Crippen MR) is 72.4 cm³/mol. The summed E-state index contributed by atoms with van der Waals surface area (Å²) in [5, 5.41) is 3.14. The van der Waals surface area contributed by atoms with Crippen LogP contribution in [0, 0.1) is 6.92 Å². The zero-order valence-electron chi connectivity index (χ0n) is 11.8. The van der Waals surface area contributed by atoms with Gasteiger partial charge in [-0.2, -0.15) is 0 Å². The molecule has 1 aliphatic heterocycles. The van der Waals surface area contributed by atoms with Gasteiger partial charge in [-0.05, 0) is 28.1 Å². The molecule has 1 atom stereocenters. The molecule has 0 radical (unpaired) electrons. The lowest BCUT2D eigenvalue weighted by Gasteiger charge is -2.36. The Hall–Kier alpha value is -1.04. The van der Waals surface area contributed by atoms with Crippen molar-refractivity contribution in [2.45, 2.75) is 19.5 Å². The van der Waals surface area contributed by atoms with Crippen molar-refractivity contribution in [1.82, 2.24) is 25.1 Å². The van der Waals surface area contributed by atoms with Crippen LogP contribution in [0.3, 0.4) is 0 Å². The first-order valence-corrected chi connectivity index (χ1v) is 6.47. The summed E-state index contributed by atoms with van der Waals surface area (Å²) in [5.74, 6) is 0.946. The Balaban J connectivity index is 2.19. The molecular formula is C13H23N5. The minimum Gasteiger partial charge on any atom is -0.316 e. The average Bonchev–Trinajstić information content (AvgIpc) is 2.35. The van der Waals surface area contributed by atoms with Crippen LogP contribution in [-0.2, 0) is 6.54 Å². The van der Waals surface area contributed by atoms with E-state index in [1.54, 1.807) is 0 Å². The summed E-state index contributed by atoms with van der Waals surface area (Å²) in [4.78, 5) is 13.9. The van der Waals surface area contributed by atoms with Gasteiger partial charge < -0.3 is 10.2 Å². The van der Waals surface area contributed by atoms with Crippen LogP contribution in [0.2, 0.25) is 0 Å². The second-order valence-electron chi connectivity index (χ2n) is 5.13. The first-order valence-electron chi connectivity index (χ1n) is 6.47. The highest BCUT2D eigenvalue weighted by molar-refractivity contribution is 5.17. The van der Waals surface area contributed by atoms with Gasteiger partial charge in [0.15, 0.2) is 0 Å². The number of aryl methyl sites for hydroxylation is 1. The maximum Gasteiger partial charge on any atom is 0.146 e. The third-order valence-corrected chi connectivity index (χ3v) is 3.62. The Kier molecular flexibility index (Phi) is 4.27. The van der Waals surface area contributed by atoms with Crippen molar-refractivity contribution >= 4 is 0 Å². The summed E-state index contributed by atoms with van der Waals surface area (Å²) in [6.07, 6.45) is 1.95. The first kappa shape index (κ1) is 13.4. The van der Waals surface area contributed by atoms with Gasteiger partial charge in [0.2, 0.25) is 0 Å². The lowest BCUT2D eigenvalue weighted by molar-refractivity contribution is 0.109. The quantitative estimate of drug-likeness (QED) is 0.841. The molecule has 1 N–H and O–H groups in total. The molecule has 0 saturated carbocycles. The third-order valence-electron chi connectivity index (χ3n) is 3.62. The van der Waals surface area contributed by atoms with E-state index in [4.69, 9.17) is 0 Å². The lowest BCUT2D eigenvalue weighted by Crippen LogP contribution is -2.45. The van der Waals surface area contributed by atoms with Crippen LogP contribution >= 0.6 is 0 Å². The molecule has 1 fully saturated rings. The van der Waals surface area contributed by atoms with Crippen LogP contribution in [-0.4, -0.2) is 60.5 Å². The highest BCUT2D eigenvalue weighted by atomic mass is 15.3. The molecular weight excluding hydrogens is 226 g/mol. The van der Waals surface area contributed by atoms with E-state index < -0.39 is 0 Å². The summed E-state index contributed by atoms with van der Waals surface area (Å²) in [7, 11) is 6.25. The Morgan fingerprint density at radius 2 is 2.17 bits per heavy atom. The molecule has 2 heterocycles. The Morgan fingerprint density at radius 1 is 1.39 bits per heavy atom. The number of piperazine rings is 1. The molecule has 1 aromatic rings. The summed E-state index contributed by atoms with van der Waals surface area (Å²) in [6.45, 7) is 6.07. The summed E-state index contributed by atoms with van der Waals surface area (Å²) in [5.41, 5.74) is 2.25. The van der Waals surface area contributed by atoms with Gasteiger partial charge >= 0.3 is 0 Å². The molecule has 0 aliphatic carbocycles. The molecule has 18 heavy (non-hydrogen) atoms. The van der Waals surface area contributed by atoms with E-state index in [1.807, 2.05) is 13.2 Å². The molecule has 1 aliphatic rings. The fraction of sp³-hybridized carbons (Fsp3) is 0.692. The molecule has 0 spiro atoms. The monoisotopic (exact) mass is 249 g/mol. The number of nitrogens with zero attached hydrogens (tertiary/aromatic N) is 4. The molecule has 0 amide bonds. The van der Waals surface area contributed by atoms with E-state index in [-0.39, 0.29) is 0 Å². The van der Waals surface area contributed by atoms with Crippen molar-refractivity contribution in [1.29, 1.82) is 0 Å². The summed E-state index contributed by atoms with van der Waals surface area (Å²) in [6, 6.07) is 0.311. The molecule has 1 unspecified atom stereocenters. The van der Waals surface area contributed by atoms with Gasteiger partial charge in [0.1, 0.15) is 5.82 Å². The van der Waals surface area contributed by atoms with Crippen LogP contribution in [0.25, 0.3) is 0 Å². The van der Waals surface area contributed by atoms with Crippen molar-refractivity contribution in [2.75, 3.05) is 40.8 Å². The first-order chi connectivity index (χ1) is 8.61. The smallest absolute Gasteiger partial charge is 0.146 e. The van der Waals surface area contributed by atoms with Gasteiger partial charge in [-0.25, -0.2) is 9.97 Å². The van der Waals surface area contributed by atoms with Crippen molar-refractivity contribution < 1.29 is 0 Å². The van der Waals surface area contributed by atoms with Crippen LogP contribution in [0.1, 0.15) is 23.1 Å². The molecule has 5 nitrogen and oxygen atoms in total. The topological polar surface area (TPSA) is 44.3 Å². The number of rotatable bonds is 3. The van der Waals surface area contributed by atoms with Gasteiger partial charge in [0, 0.05) is 43.6 Å². The predicted octanol–water partition coefficient (Wildman–Crippen LogP) is 0.423. The van der Waals surface area contributed by atoms with Crippen LogP contribution in [0.5, 0.6) is 0 Å². The van der Waals surface area contributed by atoms with Crippen molar-refractivity contribution in [3.8, 4) is 0 Å². The SMILES string of the molecule is CNCc1cnc(C2CN(C)CCN2C)nc1C. The van der Waals surface area contributed by atoms with Crippen molar-refractivity contribution in [2.24, 2.45) is 0 Å². The van der Waals surface area contributed by atoms with Crippen LogP contribution < -0.4 is 5.32 Å². The van der Waals surface area contributed by atoms with Crippen molar-refractivity contribution in [3.05, 3.63) is 23.3 Å². The number of aromatic nitrogens is 2. The minimum atomic E-state index is 0.311. The summed E-state index contributed by atoms with van der Waals surface area (Å²) < 4.78 is 0. The average molecular weight is 249 g/mol. The highest BCUT2D eigenvalue weighted by Crippen LogP contribution is 2.20. The molecule has 100 valence electrons. The molecule has 2 rings (SSSR count). The number of hydrogen-bond acceptors (Lipinski definition) is 5. The highest BCUT2D eigenvalue weighted by Gasteiger charge is 2.26. The number of likely N-dealkylation sites (N-methyl/N-ethyl adjacent to an activating group) is 2. The van der Waals surface area contributed by atoms with E-state index in [2.05, 4.69) is 46.1 Å². The van der Waals surface area contributed by atoms with Gasteiger partial charge in [0.25, 0.3) is 0 Å². The van der Waals surface area contributed by atoms with E-state index >= 15 is 0 Å². The fourth-order valence-corrected chi connectivity index (χ4v) is 2.32. The molecule has 0 bridgehead atoms. The molecule has 5 heteroatoms. The zero-order valence-corrected chi connectivity index (χ0v) is 11.8. The van der Waals surface area contributed by atoms with Gasteiger partial charge in [-0.1, -0.05) is 0 Å². The second-order valence-corrected chi connectivity index (χ2v) is 5.13. The lowest BCUT2D eigenvalue weighted by atomic mass is 10.1. The standard InChI is InChI=1S/C13H23N5/c1-10-11(7-14-2)8-15-13(16-10)12-9-17(3)5-6-18(12)4/h8,12,14H,5-7,9H2,1-4H3. The normalized spacial score (nSPS) is 22.3. The number of nitrogens with one attached hydrogen (secondary N) is 1. The summed E-state index contributed by atoms with van der Waals surface area (Å²) >= 11 is 0. The Labute approximate surface area is 109 Å². The molecule has 1 saturated heterocycles. The maximum absolute atomic E-state index is 4.68. The largest absolute Gasteiger partial charge is 0.316 e. The second kappa shape index (κ2) is 5.73. The Bertz CT molecular complexity index is 406. The minimum absolute atomic E-state index is 0.311. The van der Waals surface area contributed by atoms with E-state index in [0.717, 1.165) is 37.7 Å². The van der Waals surface area contributed by atoms with E-state index in [1.165, 1.54) is 5.56 Å². The van der Waals surface area contributed by atoms with Crippen LogP contribution in [0.4, 0.5) is 0 Å². The molecule has 1 aromatic heterocycles. The van der Waals surface area contributed by atoms with Gasteiger partial charge in [0.05, 0.1) is 6.04 Å².